The monoisotopic (exact) mass is 340 g/mol. The number of carbonyl (C=O) groups is 1. The summed E-state index contributed by atoms with van der Waals surface area (Å²) >= 11 is 0. The number of carbonyl (C=O) groups excluding carboxylic acids is 1. The lowest BCUT2D eigenvalue weighted by Crippen LogP contribution is -2.54. The number of rotatable bonds is 2. The topological polar surface area (TPSA) is 46.3 Å². The summed E-state index contributed by atoms with van der Waals surface area (Å²) in [5.74, 6) is -0.241. The fraction of sp³-hybridized carbons (Fsp3) is 0.611. The molecule has 3 rings (SSSR count). The van der Waals surface area contributed by atoms with Crippen LogP contribution in [0.3, 0.4) is 0 Å². The van der Waals surface area contributed by atoms with Gasteiger partial charge < -0.3 is 10.6 Å². The second-order valence-electron chi connectivity index (χ2n) is 7.72. The smallest absolute Gasteiger partial charge is 0.342 e. The van der Waals surface area contributed by atoms with Gasteiger partial charge in [-0.25, -0.2) is 0 Å². The number of nitrogens with zero attached hydrogens (tertiary/aromatic N) is 1. The molecular weight excluding hydrogens is 317 g/mol. The Morgan fingerprint density at radius 2 is 2.04 bits per heavy atom. The summed E-state index contributed by atoms with van der Waals surface area (Å²) in [5, 5.41) is 0. The summed E-state index contributed by atoms with van der Waals surface area (Å²) < 4.78 is 38.5. The van der Waals surface area contributed by atoms with Gasteiger partial charge in [0.15, 0.2) is 0 Å². The molecule has 1 aromatic rings. The van der Waals surface area contributed by atoms with Crippen LogP contribution in [0.5, 0.6) is 0 Å². The zero-order valence-electron chi connectivity index (χ0n) is 13.9. The highest BCUT2D eigenvalue weighted by atomic mass is 19.4. The highest BCUT2D eigenvalue weighted by molar-refractivity contribution is 5.83. The van der Waals surface area contributed by atoms with E-state index < -0.39 is 11.7 Å². The zero-order valence-corrected chi connectivity index (χ0v) is 13.9. The number of hydrogen-bond donors (Lipinski definition) is 1. The van der Waals surface area contributed by atoms with Gasteiger partial charge in [-0.15, -0.1) is 0 Å². The van der Waals surface area contributed by atoms with Crippen LogP contribution in [0.2, 0.25) is 0 Å². The number of piperidine rings is 1. The minimum Gasteiger partial charge on any atom is -0.342 e. The molecule has 0 aromatic heterocycles. The quantitative estimate of drug-likeness (QED) is 0.897. The van der Waals surface area contributed by atoms with Gasteiger partial charge in [-0.1, -0.05) is 32.0 Å². The van der Waals surface area contributed by atoms with Crippen LogP contribution in [0.15, 0.2) is 24.3 Å². The van der Waals surface area contributed by atoms with E-state index in [4.69, 9.17) is 5.73 Å². The van der Waals surface area contributed by atoms with E-state index in [1.54, 1.807) is 6.07 Å². The van der Waals surface area contributed by atoms with Crippen LogP contribution in [-0.2, 0) is 11.0 Å². The van der Waals surface area contributed by atoms with E-state index in [2.05, 4.69) is 0 Å². The van der Waals surface area contributed by atoms with Gasteiger partial charge in [0.1, 0.15) is 0 Å². The number of hydrogen-bond acceptors (Lipinski definition) is 2. The molecule has 132 valence electrons. The third kappa shape index (κ3) is 3.29. The molecule has 1 aromatic carbocycles. The molecule has 3 nitrogen and oxygen atoms in total. The Kier molecular flexibility index (Phi) is 4.14. The fourth-order valence-corrected chi connectivity index (χ4v) is 3.58. The summed E-state index contributed by atoms with van der Waals surface area (Å²) in [5.41, 5.74) is 5.93. The van der Waals surface area contributed by atoms with Crippen LogP contribution in [0, 0.1) is 11.3 Å². The average Bonchev–Trinajstić information content (AvgIpc) is 3.29. The van der Waals surface area contributed by atoms with Crippen molar-refractivity contribution in [3.63, 3.8) is 0 Å². The predicted octanol–water partition coefficient (Wildman–Crippen LogP) is 3.39. The molecule has 0 spiro atoms. The van der Waals surface area contributed by atoms with Crippen LogP contribution >= 0.6 is 0 Å². The van der Waals surface area contributed by atoms with E-state index in [9.17, 15) is 18.0 Å². The van der Waals surface area contributed by atoms with E-state index in [1.165, 1.54) is 12.1 Å². The lowest BCUT2D eigenvalue weighted by Gasteiger charge is -2.42. The van der Waals surface area contributed by atoms with Gasteiger partial charge in [0, 0.05) is 25.0 Å². The molecule has 3 atom stereocenters. The Labute approximate surface area is 140 Å². The van der Waals surface area contributed by atoms with Gasteiger partial charge in [-0.3, -0.25) is 4.79 Å². The van der Waals surface area contributed by atoms with Crippen molar-refractivity contribution < 1.29 is 18.0 Å². The van der Waals surface area contributed by atoms with Crippen molar-refractivity contribution in [2.75, 3.05) is 13.1 Å². The third-order valence-corrected chi connectivity index (χ3v) is 5.37. The second kappa shape index (κ2) is 5.76. The van der Waals surface area contributed by atoms with E-state index >= 15 is 0 Å². The molecule has 1 saturated heterocycles. The summed E-state index contributed by atoms with van der Waals surface area (Å²) in [6, 6.07) is 5.41. The molecular formula is C18H23F3N2O. The highest BCUT2D eigenvalue weighted by Gasteiger charge is 2.48. The summed E-state index contributed by atoms with van der Waals surface area (Å²) in [6.45, 7) is 5.34. The number of alkyl halides is 3. The summed E-state index contributed by atoms with van der Waals surface area (Å²) in [6.07, 6.45) is -2.96. The van der Waals surface area contributed by atoms with Crippen molar-refractivity contribution in [1.29, 1.82) is 0 Å². The average molecular weight is 340 g/mol. The van der Waals surface area contributed by atoms with Gasteiger partial charge in [-0.05, 0) is 35.8 Å². The van der Waals surface area contributed by atoms with Crippen molar-refractivity contribution in [1.82, 2.24) is 4.90 Å². The maximum absolute atomic E-state index is 12.8. The Morgan fingerprint density at radius 3 is 2.67 bits per heavy atom. The van der Waals surface area contributed by atoms with Crippen LogP contribution in [0.4, 0.5) is 13.2 Å². The van der Waals surface area contributed by atoms with E-state index in [-0.39, 0.29) is 29.2 Å². The molecule has 6 heteroatoms. The maximum Gasteiger partial charge on any atom is 0.416 e. The summed E-state index contributed by atoms with van der Waals surface area (Å²) in [7, 11) is 0. The number of amides is 1. The lowest BCUT2D eigenvalue weighted by molar-refractivity contribution is -0.137. The van der Waals surface area contributed by atoms with E-state index in [1.807, 2.05) is 18.7 Å². The molecule has 24 heavy (non-hydrogen) atoms. The molecule has 1 aliphatic carbocycles. The molecule has 1 saturated carbocycles. The van der Waals surface area contributed by atoms with Crippen molar-refractivity contribution in [2.24, 2.45) is 17.1 Å². The molecule has 0 bridgehead atoms. The standard InChI is InChI=1S/C18H23F3N2O/c1-17(2)10-23(7-6-15(17)22)16(24)14-9-13(14)11-4-3-5-12(8-11)18(19,20)21/h3-5,8,13-15H,6-7,9-10,22H2,1-2H3. The Bertz CT molecular complexity index is 641. The fourth-order valence-electron chi connectivity index (χ4n) is 3.58. The third-order valence-electron chi connectivity index (χ3n) is 5.37. The van der Waals surface area contributed by atoms with Gasteiger partial charge in [0.2, 0.25) is 5.91 Å². The lowest BCUT2D eigenvalue weighted by atomic mass is 9.79. The van der Waals surface area contributed by atoms with Crippen molar-refractivity contribution in [3.05, 3.63) is 35.4 Å². The minimum absolute atomic E-state index is 0.0531. The SMILES string of the molecule is CC1(C)CN(C(=O)C2CC2c2cccc(C(F)(F)F)c2)CCC1N. The molecule has 1 aliphatic heterocycles. The Hall–Kier alpha value is -1.56. The first-order valence-electron chi connectivity index (χ1n) is 8.31. The van der Waals surface area contributed by atoms with E-state index in [0.717, 1.165) is 12.5 Å². The molecule has 1 heterocycles. The molecule has 1 amide bonds. The Balaban J connectivity index is 1.68. The predicted molar refractivity (Wildman–Crippen MR) is 85.2 cm³/mol. The summed E-state index contributed by atoms with van der Waals surface area (Å²) in [4.78, 5) is 14.5. The second-order valence-corrected chi connectivity index (χ2v) is 7.72. The van der Waals surface area contributed by atoms with Gasteiger partial charge >= 0.3 is 6.18 Å². The molecule has 2 fully saturated rings. The van der Waals surface area contributed by atoms with Crippen LogP contribution in [0.25, 0.3) is 0 Å². The first kappa shape index (κ1) is 17.3. The van der Waals surface area contributed by atoms with Crippen LogP contribution in [0.1, 0.15) is 43.7 Å². The zero-order chi connectivity index (χ0) is 17.7. The van der Waals surface area contributed by atoms with E-state index in [0.29, 0.717) is 25.1 Å². The Morgan fingerprint density at radius 1 is 1.33 bits per heavy atom. The number of benzene rings is 1. The number of halogens is 3. The largest absolute Gasteiger partial charge is 0.416 e. The number of nitrogens with two attached hydrogens (primary N) is 1. The van der Waals surface area contributed by atoms with Crippen molar-refractivity contribution in [2.45, 2.75) is 44.8 Å². The maximum atomic E-state index is 12.8. The van der Waals surface area contributed by atoms with Gasteiger partial charge in [0.05, 0.1) is 5.56 Å². The van der Waals surface area contributed by atoms with Crippen LogP contribution in [-0.4, -0.2) is 29.9 Å². The normalized spacial score (nSPS) is 29.4. The molecule has 0 radical (unpaired) electrons. The highest BCUT2D eigenvalue weighted by Crippen LogP contribution is 2.49. The minimum atomic E-state index is -4.35. The molecule has 3 unspecified atom stereocenters. The first-order chi connectivity index (χ1) is 11.1. The first-order valence-corrected chi connectivity index (χ1v) is 8.31. The van der Waals surface area contributed by atoms with Gasteiger partial charge in [0.25, 0.3) is 0 Å². The molecule has 2 N–H and O–H groups in total. The van der Waals surface area contributed by atoms with Gasteiger partial charge in [-0.2, -0.15) is 13.2 Å². The van der Waals surface area contributed by atoms with Crippen LogP contribution < -0.4 is 5.73 Å². The number of likely N-dealkylation sites (tertiary alicyclic amines) is 1. The van der Waals surface area contributed by atoms with Crippen molar-refractivity contribution in [3.8, 4) is 0 Å². The molecule has 2 aliphatic rings. The van der Waals surface area contributed by atoms with Crippen molar-refractivity contribution >= 4 is 5.91 Å².